The predicted octanol–water partition coefficient (Wildman–Crippen LogP) is 2.17. The number of nitrogens with one attached hydrogen (secondary N) is 1. The molecule has 0 radical (unpaired) electrons. The van der Waals surface area contributed by atoms with E-state index < -0.39 is 0 Å². The second-order valence-electron chi connectivity index (χ2n) is 4.51. The number of hydrogen-bond acceptors (Lipinski definition) is 5. The molecule has 0 spiro atoms. The molecule has 1 aromatic rings. The van der Waals surface area contributed by atoms with E-state index in [0.717, 1.165) is 44.0 Å². The number of piperidine rings is 1. The van der Waals surface area contributed by atoms with Crippen LogP contribution in [0.3, 0.4) is 0 Å². The van der Waals surface area contributed by atoms with Crippen LogP contribution in [-0.4, -0.2) is 35.4 Å². The Balaban J connectivity index is 2.06. The van der Waals surface area contributed by atoms with Gasteiger partial charge in [-0.15, -0.1) is 0 Å². The highest BCUT2D eigenvalue weighted by molar-refractivity contribution is 7.18. The summed E-state index contributed by atoms with van der Waals surface area (Å²) in [4.78, 5) is 19.0. The number of nitrogens with two attached hydrogens (primary N) is 1. The Bertz CT molecular complexity index is 412. The van der Waals surface area contributed by atoms with Gasteiger partial charge in [-0.3, -0.25) is 4.79 Å². The van der Waals surface area contributed by atoms with Crippen LogP contribution in [0.4, 0.5) is 10.9 Å². The number of thiazole rings is 1. The average Bonchev–Trinajstić information content (AvgIpc) is 2.78. The van der Waals surface area contributed by atoms with Gasteiger partial charge in [0, 0.05) is 19.6 Å². The third-order valence-corrected chi connectivity index (χ3v) is 4.03. The molecule has 0 aromatic carbocycles. The SMILES string of the molecule is CCCNc1nc(N)c(C(=O)N2CCCCC2)s1. The van der Waals surface area contributed by atoms with Gasteiger partial charge in [0.1, 0.15) is 10.7 Å². The van der Waals surface area contributed by atoms with E-state index in [0.29, 0.717) is 10.7 Å². The Morgan fingerprint density at radius 2 is 2.17 bits per heavy atom. The molecule has 1 saturated heterocycles. The van der Waals surface area contributed by atoms with E-state index in [2.05, 4.69) is 17.2 Å². The number of anilines is 2. The fourth-order valence-corrected chi connectivity index (χ4v) is 2.91. The van der Waals surface area contributed by atoms with Gasteiger partial charge in [0.05, 0.1) is 0 Å². The average molecular weight is 268 g/mol. The summed E-state index contributed by atoms with van der Waals surface area (Å²) in [7, 11) is 0. The maximum absolute atomic E-state index is 12.3. The number of carbonyl (C=O) groups excluding carboxylic acids is 1. The van der Waals surface area contributed by atoms with E-state index in [4.69, 9.17) is 5.73 Å². The summed E-state index contributed by atoms with van der Waals surface area (Å²) in [6, 6.07) is 0. The number of aromatic nitrogens is 1. The van der Waals surface area contributed by atoms with Crippen molar-refractivity contribution in [2.45, 2.75) is 32.6 Å². The number of hydrogen-bond donors (Lipinski definition) is 2. The summed E-state index contributed by atoms with van der Waals surface area (Å²) in [5.74, 6) is 0.392. The van der Waals surface area contributed by atoms with E-state index in [9.17, 15) is 4.79 Å². The maximum atomic E-state index is 12.3. The predicted molar refractivity (Wildman–Crippen MR) is 75.1 cm³/mol. The topological polar surface area (TPSA) is 71.2 Å². The number of amides is 1. The molecule has 1 aliphatic heterocycles. The lowest BCUT2D eigenvalue weighted by Gasteiger charge is -2.26. The van der Waals surface area contributed by atoms with Crippen LogP contribution in [0.2, 0.25) is 0 Å². The molecule has 100 valence electrons. The number of carbonyl (C=O) groups is 1. The maximum Gasteiger partial charge on any atom is 0.267 e. The molecule has 0 bridgehead atoms. The smallest absolute Gasteiger partial charge is 0.267 e. The van der Waals surface area contributed by atoms with Crippen LogP contribution in [0.5, 0.6) is 0 Å². The van der Waals surface area contributed by atoms with Gasteiger partial charge in [-0.25, -0.2) is 4.98 Å². The second-order valence-corrected chi connectivity index (χ2v) is 5.51. The van der Waals surface area contributed by atoms with Crippen LogP contribution >= 0.6 is 11.3 Å². The van der Waals surface area contributed by atoms with E-state index >= 15 is 0 Å². The first-order chi connectivity index (χ1) is 8.72. The quantitative estimate of drug-likeness (QED) is 0.878. The van der Waals surface area contributed by atoms with Gasteiger partial charge in [-0.1, -0.05) is 18.3 Å². The molecule has 1 aliphatic rings. The molecule has 6 heteroatoms. The lowest BCUT2D eigenvalue weighted by atomic mass is 10.1. The summed E-state index contributed by atoms with van der Waals surface area (Å²) in [5.41, 5.74) is 5.83. The molecule has 3 N–H and O–H groups in total. The fraction of sp³-hybridized carbons (Fsp3) is 0.667. The number of nitrogen functional groups attached to an aromatic ring is 1. The standard InChI is InChI=1S/C12H20N4OS/c1-2-6-14-12-15-10(13)9(18-12)11(17)16-7-4-3-5-8-16/h2-8,13H2,1H3,(H,14,15). The van der Waals surface area contributed by atoms with Crippen LogP contribution < -0.4 is 11.1 Å². The van der Waals surface area contributed by atoms with Crippen molar-refractivity contribution in [3.63, 3.8) is 0 Å². The Labute approximate surface area is 111 Å². The fourth-order valence-electron chi connectivity index (χ4n) is 2.03. The molecule has 0 atom stereocenters. The van der Waals surface area contributed by atoms with Gasteiger partial charge in [0.15, 0.2) is 5.13 Å². The first-order valence-corrected chi connectivity index (χ1v) is 7.33. The van der Waals surface area contributed by atoms with E-state index in [1.807, 2.05) is 4.90 Å². The minimum Gasteiger partial charge on any atom is -0.382 e. The van der Waals surface area contributed by atoms with Crippen molar-refractivity contribution >= 4 is 28.2 Å². The first kappa shape index (κ1) is 13.1. The Kier molecular flexibility index (Phi) is 4.41. The zero-order chi connectivity index (χ0) is 13.0. The highest BCUT2D eigenvalue weighted by Crippen LogP contribution is 2.27. The van der Waals surface area contributed by atoms with Crippen LogP contribution in [-0.2, 0) is 0 Å². The van der Waals surface area contributed by atoms with Crippen molar-refractivity contribution in [1.82, 2.24) is 9.88 Å². The van der Waals surface area contributed by atoms with Crippen molar-refractivity contribution in [3.05, 3.63) is 4.88 Å². The van der Waals surface area contributed by atoms with Crippen LogP contribution in [0.15, 0.2) is 0 Å². The van der Waals surface area contributed by atoms with Crippen molar-refractivity contribution in [2.75, 3.05) is 30.7 Å². The minimum absolute atomic E-state index is 0.0363. The van der Waals surface area contributed by atoms with Crippen molar-refractivity contribution in [3.8, 4) is 0 Å². The summed E-state index contributed by atoms with van der Waals surface area (Å²) in [6.07, 6.45) is 4.41. The molecule has 0 saturated carbocycles. The molecule has 2 heterocycles. The molecule has 0 unspecified atom stereocenters. The second kappa shape index (κ2) is 6.04. The van der Waals surface area contributed by atoms with Crippen LogP contribution in [0.25, 0.3) is 0 Å². The van der Waals surface area contributed by atoms with Gasteiger partial charge in [0.2, 0.25) is 0 Å². The number of nitrogens with zero attached hydrogens (tertiary/aromatic N) is 2. The highest BCUT2D eigenvalue weighted by atomic mass is 32.1. The van der Waals surface area contributed by atoms with Gasteiger partial charge >= 0.3 is 0 Å². The van der Waals surface area contributed by atoms with Gasteiger partial charge in [-0.05, 0) is 25.7 Å². The normalized spacial score (nSPS) is 15.7. The lowest BCUT2D eigenvalue weighted by molar-refractivity contribution is 0.0730. The third kappa shape index (κ3) is 2.93. The summed E-state index contributed by atoms with van der Waals surface area (Å²) < 4.78 is 0. The minimum atomic E-state index is 0.0363. The van der Waals surface area contributed by atoms with E-state index in [1.54, 1.807) is 0 Å². The molecular weight excluding hydrogens is 248 g/mol. The molecule has 5 nitrogen and oxygen atoms in total. The molecule has 2 rings (SSSR count). The van der Waals surface area contributed by atoms with Crippen molar-refractivity contribution in [1.29, 1.82) is 0 Å². The molecule has 18 heavy (non-hydrogen) atoms. The van der Waals surface area contributed by atoms with Crippen LogP contribution in [0.1, 0.15) is 42.3 Å². The van der Waals surface area contributed by atoms with Gasteiger partial charge in [-0.2, -0.15) is 0 Å². The van der Waals surface area contributed by atoms with Crippen molar-refractivity contribution in [2.24, 2.45) is 0 Å². The first-order valence-electron chi connectivity index (χ1n) is 6.51. The van der Waals surface area contributed by atoms with Gasteiger partial charge in [0.25, 0.3) is 5.91 Å². The highest BCUT2D eigenvalue weighted by Gasteiger charge is 2.23. The van der Waals surface area contributed by atoms with E-state index in [1.165, 1.54) is 17.8 Å². The molecule has 0 aliphatic carbocycles. The summed E-state index contributed by atoms with van der Waals surface area (Å²) in [5, 5.41) is 3.92. The van der Waals surface area contributed by atoms with Gasteiger partial charge < -0.3 is 16.0 Å². The lowest BCUT2D eigenvalue weighted by Crippen LogP contribution is -2.35. The Hall–Kier alpha value is -1.30. The zero-order valence-corrected chi connectivity index (χ0v) is 11.6. The van der Waals surface area contributed by atoms with E-state index in [-0.39, 0.29) is 5.91 Å². The molecule has 1 amide bonds. The summed E-state index contributed by atoms with van der Waals surface area (Å²) in [6.45, 7) is 4.62. The van der Waals surface area contributed by atoms with Crippen LogP contribution in [0, 0.1) is 0 Å². The molecule has 1 aromatic heterocycles. The molecule has 1 fully saturated rings. The Morgan fingerprint density at radius 3 is 2.83 bits per heavy atom. The summed E-state index contributed by atoms with van der Waals surface area (Å²) >= 11 is 1.36. The molecular formula is C12H20N4OS. The number of likely N-dealkylation sites (tertiary alicyclic amines) is 1. The number of rotatable bonds is 4. The largest absolute Gasteiger partial charge is 0.382 e. The third-order valence-electron chi connectivity index (χ3n) is 3.02. The zero-order valence-electron chi connectivity index (χ0n) is 10.7. The Morgan fingerprint density at radius 1 is 1.44 bits per heavy atom. The monoisotopic (exact) mass is 268 g/mol. The van der Waals surface area contributed by atoms with Crippen molar-refractivity contribution < 1.29 is 4.79 Å².